The Labute approximate surface area is 114 Å². The molecule has 1 N–H and O–H groups in total. The third kappa shape index (κ3) is 2.95. The van der Waals surface area contributed by atoms with Crippen LogP contribution in [0.1, 0.15) is 36.7 Å². The number of halogens is 3. The maximum atomic E-state index is 12.9. The Morgan fingerprint density at radius 2 is 2.25 bits per heavy atom. The van der Waals surface area contributed by atoms with Crippen LogP contribution in [0.5, 0.6) is 0 Å². The Bertz CT molecular complexity index is 497. The molecule has 5 nitrogen and oxygen atoms in total. The number of hydrogen-bond donors (Lipinski definition) is 1. The molecule has 0 amide bonds. The summed E-state index contributed by atoms with van der Waals surface area (Å²) >= 11 is 0. The summed E-state index contributed by atoms with van der Waals surface area (Å²) in [5.41, 5.74) is -0.657. The highest BCUT2D eigenvalue weighted by atomic mass is 19.4. The van der Waals surface area contributed by atoms with Crippen molar-refractivity contribution >= 4 is 6.09 Å². The number of ether oxygens (including phenoxy) is 1. The van der Waals surface area contributed by atoms with Gasteiger partial charge in [-0.15, -0.1) is 0 Å². The SMILES string of the molecule is CCCCOC(=O)n1nc(C(F)(F)F)c2c1CNCC2. The van der Waals surface area contributed by atoms with E-state index in [1.165, 1.54) is 0 Å². The molecule has 0 saturated heterocycles. The lowest BCUT2D eigenvalue weighted by Gasteiger charge is -2.15. The largest absolute Gasteiger partial charge is 0.448 e. The zero-order valence-corrected chi connectivity index (χ0v) is 11.1. The number of rotatable bonds is 3. The first-order valence-corrected chi connectivity index (χ1v) is 6.51. The summed E-state index contributed by atoms with van der Waals surface area (Å²) in [6.45, 7) is 2.72. The number of carbonyl (C=O) groups is 1. The number of unbranched alkanes of at least 4 members (excludes halogenated alkanes) is 1. The lowest BCUT2D eigenvalue weighted by molar-refractivity contribution is -0.142. The van der Waals surface area contributed by atoms with Gasteiger partial charge in [0, 0.05) is 12.1 Å². The highest BCUT2D eigenvalue weighted by molar-refractivity contribution is 5.71. The predicted octanol–water partition coefficient (Wildman–Crippen LogP) is 2.33. The first-order chi connectivity index (χ1) is 9.45. The van der Waals surface area contributed by atoms with E-state index in [-0.39, 0.29) is 30.8 Å². The van der Waals surface area contributed by atoms with Crippen LogP contribution < -0.4 is 5.32 Å². The smallest absolute Gasteiger partial charge is 0.435 e. The molecule has 0 aromatic carbocycles. The van der Waals surface area contributed by atoms with Gasteiger partial charge in [0.05, 0.1) is 12.3 Å². The van der Waals surface area contributed by atoms with Crippen molar-refractivity contribution in [2.45, 2.75) is 38.9 Å². The number of nitrogens with zero attached hydrogens (tertiary/aromatic N) is 2. The van der Waals surface area contributed by atoms with Gasteiger partial charge < -0.3 is 10.1 Å². The van der Waals surface area contributed by atoms with Crippen LogP contribution >= 0.6 is 0 Å². The first kappa shape index (κ1) is 14.8. The van der Waals surface area contributed by atoms with E-state index >= 15 is 0 Å². The van der Waals surface area contributed by atoms with Crippen molar-refractivity contribution in [2.75, 3.05) is 13.2 Å². The molecule has 0 saturated carbocycles. The van der Waals surface area contributed by atoms with Crippen LogP contribution in [0.15, 0.2) is 0 Å². The molecule has 0 fully saturated rings. The van der Waals surface area contributed by atoms with E-state index in [1.807, 2.05) is 6.92 Å². The number of nitrogens with one attached hydrogen (secondary N) is 1. The molecule has 1 aliphatic rings. The molecule has 0 atom stereocenters. The van der Waals surface area contributed by atoms with Crippen LogP contribution in [-0.4, -0.2) is 29.0 Å². The molecule has 112 valence electrons. The minimum atomic E-state index is -4.56. The van der Waals surface area contributed by atoms with E-state index < -0.39 is 18.0 Å². The molecule has 1 aliphatic heterocycles. The molecule has 1 aromatic heterocycles. The number of hydrogen-bond acceptors (Lipinski definition) is 4. The average molecular weight is 291 g/mol. The summed E-state index contributed by atoms with van der Waals surface area (Å²) < 4.78 is 44.4. The van der Waals surface area contributed by atoms with Gasteiger partial charge in [0.25, 0.3) is 0 Å². The second-order valence-electron chi connectivity index (χ2n) is 4.58. The first-order valence-electron chi connectivity index (χ1n) is 6.51. The number of carbonyl (C=O) groups excluding carboxylic acids is 1. The summed E-state index contributed by atoms with van der Waals surface area (Å²) in [7, 11) is 0. The van der Waals surface area contributed by atoms with Crippen molar-refractivity contribution in [1.29, 1.82) is 0 Å². The van der Waals surface area contributed by atoms with Crippen molar-refractivity contribution in [1.82, 2.24) is 15.1 Å². The van der Waals surface area contributed by atoms with Gasteiger partial charge in [0.2, 0.25) is 0 Å². The van der Waals surface area contributed by atoms with Gasteiger partial charge in [0.15, 0.2) is 5.69 Å². The van der Waals surface area contributed by atoms with Crippen molar-refractivity contribution in [2.24, 2.45) is 0 Å². The lowest BCUT2D eigenvalue weighted by atomic mass is 10.1. The summed E-state index contributed by atoms with van der Waals surface area (Å²) in [5.74, 6) is 0. The maximum absolute atomic E-state index is 12.9. The number of aromatic nitrogens is 2. The Morgan fingerprint density at radius 1 is 1.50 bits per heavy atom. The van der Waals surface area contributed by atoms with Gasteiger partial charge in [-0.25, -0.2) is 4.79 Å². The van der Waals surface area contributed by atoms with Crippen molar-refractivity contribution in [3.63, 3.8) is 0 Å². The zero-order chi connectivity index (χ0) is 14.8. The summed E-state index contributed by atoms with van der Waals surface area (Å²) in [4.78, 5) is 11.8. The molecule has 1 aromatic rings. The summed E-state index contributed by atoms with van der Waals surface area (Å²) in [6.07, 6.45) is -3.71. The van der Waals surface area contributed by atoms with E-state index in [2.05, 4.69) is 10.4 Å². The zero-order valence-electron chi connectivity index (χ0n) is 11.1. The molecule has 0 aliphatic carbocycles. The van der Waals surface area contributed by atoms with Gasteiger partial charge in [-0.1, -0.05) is 13.3 Å². The molecule has 20 heavy (non-hydrogen) atoms. The maximum Gasteiger partial charge on any atom is 0.435 e. The molecule has 0 bridgehead atoms. The van der Waals surface area contributed by atoms with Crippen LogP contribution in [0.2, 0.25) is 0 Å². The quantitative estimate of drug-likeness (QED) is 0.868. The summed E-state index contributed by atoms with van der Waals surface area (Å²) in [6, 6.07) is 0. The molecule has 0 spiro atoms. The van der Waals surface area contributed by atoms with Crippen molar-refractivity contribution in [3.05, 3.63) is 17.0 Å². The molecule has 0 unspecified atom stereocenters. The molecule has 0 radical (unpaired) electrons. The fraction of sp³-hybridized carbons (Fsp3) is 0.667. The van der Waals surface area contributed by atoms with E-state index in [0.717, 1.165) is 11.1 Å². The molecular weight excluding hydrogens is 275 g/mol. The fourth-order valence-corrected chi connectivity index (χ4v) is 2.09. The van der Waals surface area contributed by atoms with E-state index in [4.69, 9.17) is 4.74 Å². The monoisotopic (exact) mass is 291 g/mol. The highest BCUT2D eigenvalue weighted by Gasteiger charge is 2.40. The van der Waals surface area contributed by atoms with Crippen LogP contribution in [0.4, 0.5) is 18.0 Å². The van der Waals surface area contributed by atoms with Crippen LogP contribution in [0.3, 0.4) is 0 Å². The second kappa shape index (κ2) is 5.82. The molecular formula is C12H16F3N3O2. The Balaban J connectivity index is 2.29. The third-order valence-corrected chi connectivity index (χ3v) is 3.10. The van der Waals surface area contributed by atoms with Crippen LogP contribution in [-0.2, 0) is 23.9 Å². The Hall–Kier alpha value is -1.57. The van der Waals surface area contributed by atoms with Crippen molar-refractivity contribution in [3.8, 4) is 0 Å². The normalized spacial score (nSPS) is 15.0. The Morgan fingerprint density at radius 3 is 2.90 bits per heavy atom. The molecule has 8 heteroatoms. The lowest BCUT2D eigenvalue weighted by Crippen LogP contribution is -2.28. The van der Waals surface area contributed by atoms with Gasteiger partial charge in [0.1, 0.15) is 0 Å². The predicted molar refractivity (Wildman–Crippen MR) is 64.3 cm³/mol. The van der Waals surface area contributed by atoms with Crippen LogP contribution in [0, 0.1) is 0 Å². The van der Waals surface area contributed by atoms with Gasteiger partial charge >= 0.3 is 12.3 Å². The fourth-order valence-electron chi connectivity index (χ4n) is 2.09. The Kier molecular flexibility index (Phi) is 4.32. The summed E-state index contributed by atoms with van der Waals surface area (Å²) in [5, 5.41) is 6.35. The average Bonchev–Trinajstić information content (AvgIpc) is 2.78. The highest BCUT2D eigenvalue weighted by Crippen LogP contribution is 2.33. The minimum Gasteiger partial charge on any atom is -0.448 e. The molecule has 2 rings (SSSR count). The van der Waals surface area contributed by atoms with Crippen LogP contribution in [0.25, 0.3) is 0 Å². The van der Waals surface area contributed by atoms with E-state index in [9.17, 15) is 18.0 Å². The third-order valence-electron chi connectivity index (χ3n) is 3.10. The van der Waals surface area contributed by atoms with Gasteiger partial charge in [-0.2, -0.15) is 23.0 Å². The molecule has 2 heterocycles. The van der Waals surface area contributed by atoms with E-state index in [0.29, 0.717) is 13.0 Å². The van der Waals surface area contributed by atoms with Gasteiger partial charge in [-0.3, -0.25) is 0 Å². The minimum absolute atomic E-state index is 0.0868. The van der Waals surface area contributed by atoms with Crippen molar-refractivity contribution < 1.29 is 22.7 Å². The van der Waals surface area contributed by atoms with E-state index in [1.54, 1.807) is 0 Å². The second-order valence-corrected chi connectivity index (χ2v) is 4.58. The standard InChI is InChI=1S/C12H16F3N3O2/c1-2-3-6-20-11(19)18-9-7-16-5-4-8(9)10(17-18)12(13,14)15/h16H,2-7H2,1H3. The topological polar surface area (TPSA) is 56.2 Å². The number of alkyl halides is 3. The number of fused-ring (bicyclic) bond motifs is 1. The van der Waals surface area contributed by atoms with Gasteiger partial charge in [-0.05, 0) is 19.4 Å².